The third-order valence-electron chi connectivity index (χ3n) is 2.67. The van der Waals surface area contributed by atoms with Crippen LogP contribution in [-0.4, -0.2) is 44.9 Å². The Hall–Kier alpha value is -1.07. The maximum Gasteiger partial charge on any atom is 0.253 e. The molecule has 106 valence electrons. The average Bonchev–Trinajstić information content (AvgIpc) is 2.39. The summed E-state index contributed by atoms with van der Waals surface area (Å²) in [5.74, 6) is 0. The Morgan fingerprint density at radius 2 is 1.84 bits per heavy atom. The van der Waals surface area contributed by atoms with Crippen molar-refractivity contribution >= 4 is 15.7 Å². The Morgan fingerprint density at radius 1 is 1.26 bits per heavy atom. The molecule has 2 rings (SSSR count). The molecule has 1 aromatic rings. The lowest BCUT2D eigenvalue weighted by molar-refractivity contribution is -0.991. The van der Waals surface area contributed by atoms with Crippen LogP contribution >= 0.6 is 0 Å². The third kappa shape index (κ3) is 3.70. The molecule has 1 saturated heterocycles. The van der Waals surface area contributed by atoms with Crippen LogP contribution in [-0.2, 0) is 14.8 Å². The summed E-state index contributed by atoms with van der Waals surface area (Å²) in [4.78, 5) is 2.47. The zero-order valence-electron chi connectivity index (χ0n) is 10.1. The number of nitrogens with zero attached hydrogens (tertiary/aromatic N) is 1. The highest BCUT2D eigenvalue weighted by molar-refractivity contribution is 7.89. The summed E-state index contributed by atoms with van der Waals surface area (Å²) in [6.45, 7) is 1.90. The maximum atomic E-state index is 12.0. The van der Waals surface area contributed by atoms with Crippen molar-refractivity contribution in [1.29, 1.82) is 0 Å². The molecule has 1 fully saturated rings. The van der Waals surface area contributed by atoms with Gasteiger partial charge in [0, 0.05) is 25.2 Å². The van der Waals surface area contributed by atoms with E-state index in [0.717, 1.165) is 0 Å². The smallest absolute Gasteiger partial charge is 0.253 e. The van der Waals surface area contributed by atoms with Gasteiger partial charge in [0.2, 0.25) is 0 Å². The van der Waals surface area contributed by atoms with Gasteiger partial charge in [0.1, 0.15) is 0 Å². The number of quaternary nitrogens is 1. The van der Waals surface area contributed by atoms with E-state index in [4.69, 9.17) is 9.94 Å². The van der Waals surface area contributed by atoms with Crippen molar-refractivity contribution in [2.45, 2.75) is 4.90 Å². The third-order valence-corrected chi connectivity index (χ3v) is 4.06. The number of benzene rings is 1. The van der Waals surface area contributed by atoms with Crippen molar-refractivity contribution < 1.29 is 23.6 Å². The van der Waals surface area contributed by atoms with Gasteiger partial charge in [0.15, 0.2) is 5.69 Å². The van der Waals surface area contributed by atoms with E-state index in [2.05, 4.69) is 4.83 Å². The molecule has 1 aromatic carbocycles. The van der Waals surface area contributed by atoms with Gasteiger partial charge in [-0.1, -0.05) is 0 Å². The molecule has 19 heavy (non-hydrogen) atoms. The van der Waals surface area contributed by atoms with Gasteiger partial charge in [0.25, 0.3) is 10.0 Å². The number of hydrogen-bond acceptors (Lipinski definition) is 6. The van der Waals surface area contributed by atoms with E-state index in [1.807, 2.05) is 0 Å². The molecule has 1 aliphatic rings. The predicted molar refractivity (Wildman–Crippen MR) is 64.9 cm³/mol. The van der Waals surface area contributed by atoms with E-state index in [9.17, 15) is 13.6 Å². The first-order chi connectivity index (χ1) is 8.99. The molecule has 0 aliphatic carbocycles. The van der Waals surface area contributed by atoms with Crippen molar-refractivity contribution in [2.24, 2.45) is 0 Å². The average molecular weight is 289 g/mol. The number of rotatable bonds is 4. The first-order valence-corrected chi connectivity index (χ1v) is 7.16. The molecule has 1 heterocycles. The van der Waals surface area contributed by atoms with E-state index in [1.165, 1.54) is 24.3 Å². The summed E-state index contributed by atoms with van der Waals surface area (Å²) in [7, 11) is -3.67. The van der Waals surface area contributed by atoms with Crippen LogP contribution in [0.2, 0.25) is 0 Å². The molecule has 0 bridgehead atoms. The van der Waals surface area contributed by atoms with Gasteiger partial charge in [0.05, 0.1) is 18.1 Å². The molecule has 1 atom stereocenters. The minimum absolute atomic E-state index is 0.0315. The first-order valence-electron chi connectivity index (χ1n) is 5.67. The summed E-state index contributed by atoms with van der Waals surface area (Å²) < 4.78 is 29.2. The fraction of sp³-hybridized carbons (Fsp3) is 0.400. The fourth-order valence-electron chi connectivity index (χ4n) is 1.65. The predicted octanol–water partition coefficient (Wildman–Crippen LogP) is -1.38. The van der Waals surface area contributed by atoms with Crippen molar-refractivity contribution in [1.82, 2.24) is 9.84 Å². The molecule has 0 radical (unpaired) electrons. The van der Waals surface area contributed by atoms with Crippen molar-refractivity contribution in [3.05, 3.63) is 29.5 Å². The summed E-state index contributed by atoms with van der Waals surface area (Å²) in [6, 6.07) is 5.06. The fourth-order valence-corrected chi connectivity index (χ4v) is 2.78. The van der Waals surface area contributed by atoms with Crippen LogP contribution in [0.5, 0.6) is 0 Å². The van der Waals surface area contributed by atoms with E-state index in [-0.39, 0.29) is 10.6 Å². The zero-order valence-corrected chi connectivity index (χ0v) is 10.9. The molecular formula is C10H15N3O5S. The van der Waals surface area contributed by atoms with Crippen LogP contribution in [0.4, 0.5) is 5.69 Å². The summed E-state index contributed by atoms with van der Waals surface area (Å²) >= 11 is 0. The summed E-state index contributed by atoms with van der Waals surface area (Å²) in [6.07, 6.45) is 0. The lowest BCUT2D eigenvalue weighted by Crippen LogP contribution is -2.99. The second kappa shape index (κ2) is 5.92. The highest BCUT2D eigenvalue weighted by atomic mass is 32.2. The topological polar surface area (TPSA) is 106 Å². The Kier molecular flexibility index (Phi) is 4.47. The summed E-state index contributed by atoms with van der Waals surface area (Å²) in [5, 5.41) is 19.9. The lowest BCUT2D eigenvalue weighted by Gasteiger charge is -2.26. The SMILES string of the molecule is O=S(=O)(NN1CCOCC1)c1ccc([NH+]([O-])O)cc1. The largest absolute Gasteiger partial charge is 0.595 e. The normalized spacial score (nSPS) is 19.3. The van der Waals surface area contributed by atoms with E-state index >= 15 is 0 Å². The lowest BCUT2D eigenvalue weighted by atomic mass is 10.3. The minimum atomic E-state index is -3.67. The van der Waals surface area contributed by atoms with Crippen molar-refractivity contribution in [3.8, 4) is 0 Å². The monoisotopic (exact) mass is 289 g/mol. The molecule has 0 saturated carbocycles. The molecule has 3 N–H and O–H groups in total. The molecule has 8 nitrogen and oxygen atoms in total. The Morgan fingerprint density at radius 3 is 2.37 bits per heavy atom. The molecule has 0 aromatic heterocycles. The summed E-state index contributed by atoms with van der Waals surface area (Å²) in [5.41, 5.74) is 0.0466. The van der Waals surface area contributed by atoms with Crippen LogP contribution < -0.4 is 10.1 Å². The number of sulfonamides is 1. The van der Waals surface area contributed by atoms with Crippen molar-refractivity contribution in [3.63, 3.8) is 0 Å². The van der Waals surface area contributed by atoms with E-state index < -0.39 is 15.2 Å². The number of hydrogen-bond donors (Lipinski definition) is 3. The first kappa shape index (κ1) is 14.3. The van der Waals surface area contributed by atoms with Gasteiger partial charge in [-0.3, -0.25) is 0 Å². The van der Waals surface area contributed by atoms with Crippen LogP contribution in [0, 0.1) is 5.21 Å². The zero-order chi connectivity index (χ0) is 13.9. The minimum Gasteiger partial charge on any atom is -0.595 e. The number of hydrazine groups is 1. The van der Waals surface area contributed by atoms with Crippen LogP contribution in [0.15, 0.2) is 29.2 Å². The Bertz CT molecular complexity index is 510. The Balaban J connectivity index is 2.10. The maximum absolute atomic E-state index is 12.0. The Labute approximate surface area is 110 Å². The highest BCUT2D eigenvalue weighted by Crippen LogP contribution is 2.12. The van der Waals surface area contributed by atoms with Gasteiger partial charge in [-0.05, 0) is 12.1 Å². The van der Waals surface area contributed by atoms with Gasteiger partial charge >= 0.3 is 0 Å². The van der Waals surface area contributed by atoms with E-state index in [0.29, 0.717) is 26.3 Å². The van der Waals surface area contributed by atoms with Gasteiger partial charge in [-0.2, -0.15) is 5.23 Å². The van der Waals surface area contributed by atoms with Crippen molar-refractivity contribution in [2.75, 3.05) is 26.3 Å². The van der Waals surface area contributed by atoms with Crippen LogP contribution in [0.25, 0.3) is 0 Å². The molecule has 0 spiro atoms. The number of nitrogens with one attached hydrogen (secondary N) is 2. The van der Waals surface area contributed by atoms with Crippen LogP contribution in [0.1, 0.15) is 0 Å². The molecule has 1 unspecified atom stereocenters. The second-order valence-electron chi connectivity index (χ2n) is 4.02. The van der Waals surface area contributed by atoms with E-state index in [1.54, 1.807) is 5.01 Å². The molecule has 1 aliphatic heterocycles. The quantitative estimate of drug-likeness (QED) is 0.590. The molecular weight excluding hydrogens is 274 g/mol. The number of ether oxygens (including phenoxy) is 1. The van der Waals surface area contributed by atoms with Gasteiger partial charge in [-0.15, -0.1) is 4.83 Å². The molecule has 9 heteroatoms. The number of morpholine rings is 1. The van der Waals surface area contributed by atoms with Crippen LogP contribution in [0.3, 0.4) is 0 Å². The van der Waals surface area contributed by atoms with Gasteiger partial charge < -0.3 is 9.94 Å². The highest BCUT2D eigenvalue weighted by Gasteiger charge is 2.20. The second-order valence-corrected chi connectivity index (χ2v) is 5.68. The van der Waals surface area contributed by atoms with Gasteiger partial charge in [-0.25, -0.2) is 18.6 Å². The molecule has 0 amide bonds. The standard InChI is InChI=1S/C10H15N3O5S/c14-13(15)9-1-3-10(4-2-9)19(16,17)11-12-5-7-18-8-6-12/h1-4,11,13-14H,5-8H2.